The van der Waals surface area contributed by atoms with Gasteiger partial charge in [0.05, 0.1) is 5.56 Å². The van der Waals surface area contributed by atoms with Crippen molar-refractivity contribution in [3.8, 4) is 5.75 Å². The standard InChI is InChI=1S/C24H28N2O3/c1-16-7-9-18(10-8-16)25-24(28)22-17(2)29-21-12-11-20(27)19(23(21)22)15-26-13-5-3-4-6-14-26/h7-12,27H,3-6,13-15H2,1-2H3,(H,25,28). The maximum atomic E-state index is 13.1. The van der Waals surface area contributed by atoms with Gasteiger partial charge in [0, 0.05) is 23.2 Å². The number of benzene rings is 2. The lowest BCUT2D eigenvalue weighted by molar-refractivity contribution is 0.102. The Labute approximate surface area is 171 Å². The van der Waals surface area contributed by atoms with E-state index in [2.05, 4.69) is 10.2 Å². The first kappa shape index (κ1) is 19.5. The highest BCUT2D eigenvalue weighted by molar-refractivity contribution is 6.14. The Morgan fingerprint density at radius 1 is 1.03 bits per heavy atom. The zero-order valence-corrected chi connectivity index (χ0v) is 17.1. The molecule has 0 saturated carbocycles. The van der Waals surface area contributed by atoms with Gasteiger partial charge in [-0.2, -0.15) is 0 Å². The summed E-state index contributed by atoms with van der Waals surface area (Å²) in [5, 5.41) is 14.3. The molecule has 4 rings (SSSR count). The number of rotatable bonds is 4. The molecule has 0 bridgehead atoms. The number of carbonyl (C=O) groups excluding carboxylic acids is 1. The molecule has 1 aliphatic rings. The Hall–Kier alpha value is -2.79. The summed E-state index contributed by atoms with van der Waals surface area (Å²) in [7, 11) is 0. The van der Waals surface area contributed by atoms with Crippen LogP contribution in [-0.4, -0.2) is 29.0 Å². The topological polar surface area (TPSA) is 65.7 Å². The van der Waals surface area contributed by atoms with Crippen LogP contribution in [0, 0.1) is 13.8 Å². The number of hydrogen-bond donors (Lipinski definition) is 2. The zero-order valence-electron chi connectivity index (χ0n) is 17.1. The monoisotopic (exact) mass is 392 g/mol. The van der Waals surface area contributed by atoms with Crippen LogP contribution in [0.5, 0.6) is 5.75 Å². The van der Waals surface area contributed by atoms with Crippen LogP contribution < -0.4 is 5.32 Å². The molecule has 0 unspecified atom stereocenters. The third kappa shape index (κ3) is 4.15. The van der Waals surface area contributed by atoms with Crippen molar-refractivity contribution in [2.75, 3.05) is 18.4 Å². The third-order valence-corrected chi connectivity index (χ3v) is 5.73. The number of nitrogens with zero attached hydrogens (tertiary/aromatic N) is 1. The molecular weight excluding hydrogens is 364 g/mol. The molecule has 1 fully saturated rings. The van der Waals surface area contributed by atoms with E-state index in [4.69, 9.17) is 4.42 Å². The lowest BCUT2D eigenvalue weighted by Crippen LogP contribution is -2.24. The molecule has 152 valence electrons. The molecule has 1 aromatic heterocycles. The largest absolute Gasteiger partial charge is 0.508 e. The smallest absolute Gasteiger partial charge is 0.259 e. The molecule has 1 saturated heterocycles. The van der Waals surface area contributed by atoms with Gasteiger partial charge in [0.2, 0.25) is 0 Å². The molecule has 0 aliphatic carbocycles. The second-order valence-electron chi connectivity index (χ2n) is 7.98. The van der Waals surface area contributed by atoms with Crippen LogP contribution >= 0.6 is 0 Å². The van der Waals surface area contributed by atoms with Crippen LogP contribution in [0.2, 0.25) is 0 Å². The van der Waals surface area contributed by atoms with Crippen molar-refractivity contribution in [1.82, 2.24) is 4.90 Å². The van der Waals surface area contributed by atoms with Crippen molar-refractivity contribution in [2.24, 2.45) is 0 Å². The van der Waals surface area contributed by atoms with E-state index in [0.717, 1.165) is 35.3 Å². The van der Waals surface area contributed by atoms with Crippen LogP contribution in [0.3, 0.4) is 0 Å². The van der Waals surface area contributed by atoms with Crippen LogP contribution in [0.25, 0.3) is 11.0 Å². The van der Waals surface area contributed by atoms with Gasteiger partial charge in [-0.05, 0) is 64.0 Å². The highest BCUT2D eigenvalue weighted by Crippen LogP contribution is 2.35. The first-order chi connectivity index (χ1) is 14.0. The number of furan rings is 1. The average molecular weight is 392 g/mol. The highest BCUT2D eigenvalue weighted by Gasteiger charge is 2.24. The molecule has 5 heteroatoms. The van der Waals surface area contributed by atoms with Crippen LogP contribution in [-0.2, 0) is 6.54 Å². The molecular formula is C24H28N2O3. The molecule has 0 atom stereocenters. The first-order valence-electron chi connectivity index (χ1n) is 10.4. The highest BCUT2D eigenvalue weighted by atomic mass is 16.3. The molecule has 1 aliphatic heterocycles. The number of nitrogens with one attached hydrogen (secondary N) is 1. The quantitative estimate of drug-likeness (QED) is 0.625. The van der Waals surface area contributed by atoms with Gasteiger partial charge in [0.25, 0.3) is 5.91 Å². The van der Waals surface area contributed by atoms with Gasteiger partial charge in [-0.25, -0.2) is 0 Å². The van der Waals surface area contributed by atoms with Crippen molar-refractivity contribution >= 4 is 22.6 Å². The Bertz CT molecular complexity index is 1010. The molecule has 2 aromatic carbocycles. The number of carbonyl (C=O) groups is 1. The Kier molecular flexibility index (Phi) is 5.58. The minimum absolute atomic E-state index is 0.215. The van der Waals surface area contributed by atoms with E-state index >= 15 is 0 Å². The Morgan fingerprint density at radius 3 is 2.41 bits per heavy atom. The van der Waals surface area contributed by atoms with E-state index < -0.39 is 0 Å². The van der Waals surface area contributed by atoms with E-state index in [9.17, 15) is 9.90 Å². The second kappa shape index (κ2) is 8.29. The average Bonchev–Trinajstić information content (AvgIpc) is 2.86. The summed E-state index contributed by atoms with van der Waals surface area (Å²) in [6, 6.07) is 11.1. The van der Waals surface area contributed by atoms with Crippen LogP contribution in [0.1, 0.15) is 52.9 Å². The Morgan fingerprint density at radius 2 is 1.72 bits per heavy atom. The third-order valence-electron chi connectivity index (χ3n) is 5.73. The predicted octanol–water partition coefficient (Wildman–Crippen LogP) is 5.38. The van der Waals surface area contributed by atoms with Gasteiger partial charge in [-0.3, -0.25) is 9.69 Å². The minimum atomic E-state index is -0.215. The van der Waals surface area contributed by atoms with E-state index in [1.165, 1.54) is 25.7 Å². The number of phenolic OH excluding ortho intramolecular Hbond substituents is 1. The fourth-order valence-corrected chi connectivity index (χ4v) is 4.15. The number of fused-ring (bicyclic) bond motifs is 1. The fraction of sp³-hybridized carbons (Fsp3) is 0.375. The van der Waals surface area contributed by atoms with Gasteiger partial charge < -0.3 is 14.8 Å². The Balaban J connectivity index is 1.71. The summed E-state index contributed by atoms with van der Waals surface area (Å²) < 4.78 is 5.90. The zero-order chi connectivity index (χ0) is 20.4. The van der Waals surface area contributed by atoms with Gasteiger partial charge >= 0.3 is 0 Å². The summed E-state index contributed by atoms with van der Waals surface area (Å²) in [4.78, 5) is 15.5. The SMILES string of the molecule is Cc1ccc(NC(=O)c2c(C)oc3ccc(O)c(CN4CCCCCC4)c23)cc1. The summed E-state index contributed by atoms with van der Waals surface area (Å²) in [5.41, 5.74) is 3.79. The van der Waals surface area contributed by atoms with Gasteiger partial charge in [-0.1, -0.05) is 30.5 Å². The summed E-state index contributed by atoms with van der Waals surface area (Å²) in [5.74, 6) is 0.562. The summed E-state index contributed by atoms with van der Waals surface area (Å²) in [6.45, 7) is 6.45. The van der Waals surface area contributed by atoms with E-state index in [0.29, 0.717) is 23.5 Å². The lowest BCUT2D eigenvalue weighted by Gasteiger charge is -2.21. The number of phenols is 1. The maximum absolute atomic E-state index is 13.1. The molecule has 1 amide bonds. The van der Waals surface area contributed by atoms with Crippen molar-refractivity contribution in [2.45, 2.75) is 46.1 Å². The van der Waals surface area contributed by atoms with Crippen LogP contribution in [0.4, 0.5) is 5.69 Å². The molecule has 5 nitrogen and oxygen atoms in total. The molecule has 0 radical (unpaired) electrons. The number of amides is 1. The first-order valence-corrected chi connectivity index (χ1v) is 10.4. The minimum Gasteiger partial charge on any atom is -0.508 e. The summed E-state index contributed by atoms with van der Waals surface area (Å²) >= 11 is 0. The molecule has 2 N–H and O–H groups in total. The normalized spacial score (nSPS) is 15.4. The second-order valence-corrected chi connectivity index (χ2v) is 7.98. The maximum Gasteiger partial charge on any atom is 0.259 e. The van der Waals surface area contributed by atoms with Gasteiger partial charge in [0.15, 0.2) is 0 Å². The van der Waals surface area contributed by atoms with E-state index in [1.54, 1.807) is 19.1 Å². The number of anilines is 1. The number of aromatic hydroxyl groups is 1. The number of likely N-dealkylation sites (tertiary alicyclic amines) is 1. The predicted molar refractivity (Wildman–Crippen MR) is 115 cm³/mol. The molecule has 29 heavy (non-hydrogen) atoms. The number of aryl methyl sites for hydroxylation is 2. The lowest BCUT2D eigenvalue weighted by atomic mass is 10.0. The van der Waals surface area contributed by atoms with Gasteiger partial charge in [0.1, 0.15) is 17.1 Å². The van der Waals surface area contributed by atoms with Crippen molar-refractivity contribution in [3.05, 3.63) is 58.8 Å². The van der Waals surface area contributed by atoms with Crippen molar-refractivity contribution < 1.29 is 14.3 Å². The van der Waals surface area contributed by atoms with Gasteiger partial charge in [-0.15, -0.1) is 0 Å². The van der Waals surface area contributed by atoms with E-state index in [-0.39, 0.29) is 11.7 Å². The summed E-state index contributed by atoms with van der Waals surface area (Å²) in [6.07, 6.45) is 4.84. The van der Waals surface area contributed by atoms with Crippen LogP contribution in [0.15, 0.2) is 40.8 Å². The van der Waals surface area contributed by atoms with Crippen molar-refractivity contribution in [1.29, 1.82) is 0 Å². The van der Waals surface area contributed by atoms with Crippen molar-refractivity contribution in [3.63, 3.8) is 0 Å². The molecule has 2 heterocycles. The number of hydrogen-bond acceptors (Lipinski definition) is 4. The fourth-order valence-electron chi connectivity index (χ4n) is 4.15. The van der Waals surface area contributed by atoms with E-state index in [1.807, 2.05) is 31.2 Å². The molecule has 3 aromatic rings. The molecule has 0 spiro atoms.